The number of nitrogens with zero attached hydrogens (tertiary/aromatic N) is 2. The molecule has 4 nitrogen and oxygen atoms in total. The number of hydrogen-bond donors (Lipinski definition) is 1. The van der Waals surface area contributed by atoms with Gasteiger partial charge in [0.2, 0.25) is 0 Å². The molecule has 20 heavy (non-hydrogen) atoms. The van der Waals surface area contributed by atoms with E-state index in [1.165, 1.54) is 0 Å². The van der Waals surface area contributed by atoms with Crippen LogP contribution in [0.25, 0.3) is 22.4 Å². The number of imidazole rings is 1. The van der Waals surface area contributed by atoms with E-state index < -0.39 is 0 Å². The van der Waals surface area contributed by atoms with Crippen LogP contribution in [0.15, 0.2) is 48.5 Å². The summed E-state index contributed by atoms with van der Waals surface area (Å²) in [6.07, 6.45) is 0. The number of phenols is 1. The second kappa shape index (κ2) is 5.35. The van der Waals surface area contributed by atoms with Crippen LogP contribution < -0.4 is 0 Å². The van der Waals surface area contributed by atoms with Gasteiger partial charge >= 0.3 is 0 Å². The monoisotopic (exact) mass is 268 g/mol. The molecule has 0 saturated heterocycles. The zero-order valence-corrected chi connectivity index (χ0v) is 11.3. The van der Waals surface area contributed by atoms with Crippen LogP contribution in [0.5, 0.6) is 5.75 Å². The van der Waals surface area contributed by atoms with Crippen molar-refractivity contribution in [1.29, 1.82) is 0 Å². The molecule has 0 bridgehead atoms. The van der Waals surface area contributed by atoms with Gasteiger partial charge in [0.1, 0.15) is 11.6 Å². The minimum Gasteiger partial charge on any atom is -0.508 e. The molecule has 0 atom stereocenters. The first-order valence-electron chi connectivity index (χ1n) is 6.53. The van der Waals surface area contributed by atoms with Crippen LogP contribution >= 0.6 is 0 Å². The molecule has 102 valence electrons. The normalized spacial score (nSPS) is 11.1. The fourth-order valence-corrected chi connectivity index (χ4v) is 2.32. The summed E-state index contributed by atoms with van der Waals surface area (Å²) in [5.41, 5.74) is 3.04. The Morgan fingerprint density at radius 3 is 2.60 bits per heavy atom. The second-order valence-electron chi connectivity index (χ2n) is 4.62. The van der Waals surface area contributed by atoms with Crippen molar-refractivity contribution in [2.45, 2.75) is 6.54 Å². The molecule has 0 aliphatic rings. The Bertz CT molecular complexity index is 717. The van der Waals surface area contributed by atoms with Crippen molar-refractivity contribution in [1.82, 2.24) is 9.55 Å². The van der Waals surface area contributed by atoms with E-state index in [2.05, 4.69) is 10.6 Å². The van der Waals surface area contributed by atoms with Gasteiger partial charge < -0.3 is 14.4 Å². The molecule has 0 spiro atoms. The van der Waals surface area contributed by atoms with Crippen molar-refractivity contribution in [3.8, 4) is 17.1 Å². The van der Waals surface area contributed by atoms with E-state index in [0.717, 1.165) is 29.0 Å². The van der Waals surface area contributed by atoms with Crippen LogP contribution in [-0.2, 0) is 11.3 Å². The maximum absolute atomic E-state index is 9.41. The van der Waals surface area contributed by atoms with Gasteiger partial charge in [-0.25, -0.2) is 4.98 Å². The van der Waals surface area contributed by atoms with E-state index in [-0.39, 0.29) is 5.75 Å². The standard InChI is InChI=1S/C16H16N2O2/c1-20-11-10-18-15-5-3-2-4-14(15)17-16(18)12-6-8-13(19)9-7-12/h2-9,19H,10-11H2,1H3. The molecule has 2 aromatic carbocycles. The number of phenolic OH excluding ortho intramolecular Hbond substituents is 1. The Labute approximate surface area is 117 Å². The highest BCUT2D eigenvalue weighted by molar-refractivity contribution is 5.80. The molecule has 1 heterocycles. The average molecular weight is 268 g/mol. The molecule has 1 aromatic heterocycles. The number of benzene rings is 2. The molecular weight excluding hydrogens is 252 g/mol. The van der Waals surface area contributed by atoms with Gasteiger partial charge in [0.25, 0.3) is 0 Å². The molecule has 3 aromatic rings. The molecule has 0 amide bonds. The largest absolute Gasteiger partial charge is 0.508 e. The maximum atomic E-state index is 9.41. The Kier molecular flexibility index (Phi) is 3.39. The third kappa shape index (κ3) is 2.26. The summed E-state index contributed by atoms with van der Waals surface area (Å²) in [5, 5.41) is 9.41. The van der Waals surface area contributed by atoms with Crippen molar-refractivity contribution in [2.24, 2.45) is 0 Å². The Balaban J connectivity index is 2.15. The van der Waals surface area contributed by atoms with Crippen molar-refractivity contribution in [3.63, 3.8) is 0 Å². The van der Waals surface area contributed by atoms with Crippen molar-refractivity contribution < 1.29 is 9.84 Å². The van der Waals surface area contributed by atoms with Crippen molar-refractivity contribution >= 4 is 11.0 Å². The predicted molar refractivity (Wildman–Crippen MR) is 78.7 cm³/mol. The molecule has 1 N–H and O–H groups in total. The van der Waals surface area contributed by atoms with Gasteiger partial charge in [0.15, 0.2) is 0 Å². The molecule has 0 saturated carbocycles. The smallest absolute Gasteiger partial charge is 0.141 e. The predicted octanol–water partition coefficient (Wildman–Crippen LogP) is 3.06. The third-order valence-corrected chi connectivity index (χ3v) is 3.30. The minimum atomic E-state index is 0.258. The lowest BCUT2D eigenvalue weighted by molar-refractivity contribution is 0.188. The van der Waals surface area contributed by atoms with Crippen molar-refractivity contribution in [3.05, 3.63) is 48.5 Å². The summed E-state index contributed by atoms with van der Waals surface area (Å²) in [4.78, 5) is 4.69. The number of rotatable bonds is 4. The summed E-state index contributed by atoms with van der Waals surface area (Å²) in [5.74, 6) is 1.15. The number of ether oxygens (including phenoxy) is 1. The number of fused-ring (bicyclic) bond motifs is 1. The van der Waals surface area contributed by atoms with E-state index in [0.29, 0.717) is 6.61 Å². The van der Waals surface area contributed by atoms with Crippen LogP contribution in [0.4, 0.5) is 0 Å². The maximum Gasteiger partial charge on any atom is 0.141 e. The van der Waals surface area contributed by atoms with Crippen LogP contribution in [0, 0.1) is 0 Å². The lowest BCUT2D eigenvalue weighted by atomic mass is 10.2. The van der Waals surface area contributed by atoms with E-state index in [4.69, 9.17) is 9.72 Å². The van der Waals surface area contributed by atoms with Gasteiger partial charge in [-0.05, 0) is 36.4 Å². The zero-order chi connectivity index (χ0) is 13.9. The van der Waals surface area contributed by atoms with E-state index in [9.17, 15) is 5.11 Å². The lowest BCUT2D eigenvalue weighted by Crippen LogP contribution is -2.05. The molecule has 0 unspecified atom stereocenters. The van der Waals surface area contributed by atoms with Crippen LogP contribution in [0.2, 0.25) is 0 Å². The molecule has 3 rings (SSSR count). The second-order valence-corrected chi connectivity index (χ2v) is 4.62. The van der Waals surface area contributed by atoms with Gasteiger partial charge in [-0.3, -0.25) is 0 Å². The zero-order valence-electron chi connectivity index (χ0n) is 11.3. The number of aromatic hydroxyl groups is 1. The minimum absolute atomic E-state index is 0.258. The van der Waals surface area contributed by atoms with Gasteiger partial charge in [-0.1, -0.05) is 12.1 Å². The Morgan fingerprint density at radius 1 is 1.10 bits per heavy atom. The van der Waals surface area contributed by atoms with E-state index in [1.54, 1.807) is 19.2 Å². The molecule has 0 fully saturated rings. The summed E-state index contributed by atoms with van der Waals surface area (Å²) in [7, 11) is 1.69. The molecule has 0 aliphatic carbocycles. The molecule has 0 aliphatic heterocycles. The van der Waals surface area contributed by atoms with Crippen LogP contribution in [0.3, 0.4) is 0 Å². The third-order valence-electron chi connectivity index (χ3n) is 3.30. The van der Waals surface area contributed by atoms with Gasteiger partial charge in [0.05, 0.1) is 17.6 Å². The number of aromatic nitrogens is 2. The summed E-state index contributed by atoms with van der Waals surface area (Å²) in [6, 6.07) is 15.2. The highest BCUT2D eigenvalue weighted by atomic mass is 16.5. The van der Waals surface area contributed by atoms with E-state index >= 15 is 0 Å². The number of hydrogen-bond acceptors (Lipinski definition) is 3. The average Bonchev–Trinajstić information content (AvgIpc) is 2.84. The summed E-state index contributed by atoms with van der Waals surface area (Å²) in [6.45, 7) is 1.37. The van der Waals surface area contributed by atoms with Crippen LogP contribution in [-0.4, -0.2) is 28.4 Å². The first-order valence-corrected chi connectivity index (χ1v) is 6.53. The van der Waals surface area contributed by atoms with Crippen molar-refractivity contribution in [2.75, 3.05) is 13.7 Å². The fraction of sp³-hybridized carbons (Fsp3) is 0.188. The first-order chi connectivity index (χ1) is 9.79. The first kappa shape index (κ1) is 12.7. The molecule has 0 radical (unpaired) electrons. The quantitative estimate of drug-likeness (QED) is 0.791. The Hall–Kier alpha value is -2.33. The van der Waals surface area contributed by atoms with Gasteiger partial charge in [0, 0.05) is 19.2 Å². The van der Waals surface area contributed by atoms with E-state index in [1.807, 2.05) is 30.3 Å². The summed E-state index contributed by atoms with van der Waals surface area (Å²) < 4.78 is 7.33. The Morgan fingerprint density at radius 2 is 1.85 bits per heavy atom. The molecular formula is C16H16N2O2. The molecule has 4 heteroatoms. The number of methoxy groups -OCH3 is 1. The van der Waals surface area contributed by atoms with Gasteiger partial charge in [-0.2, -0.15) is 0 Å². The highest BCUT2D eigenvalue weighted by Crippen LogP contribution is 2.26. The van der Waals surface area contributed by atoms with Crippen LogP contribution in [0.1, 0.15) is 0 Å². The highest BCUT2D eigenvalue weighted by Gasteiger charge is 2.11. The lowest BCUT2D eigenvalue weighted by Gasteiger charge is -2.08. The summed E-state index contributed by atoms with van der Waals surface area (Å²) >= 11 is 0. The fourth-order valence-electron chi connectivity index (χ4n) is 2.32. The SMILES string of the molecule is COCCn1c(-c2ccc(O)cc2)nc2ccccc21. The topological polar surface area (TPSA) is 47.3 Å². The number of para-hydroxylation sites is 2. The van der Waals surface area contributed by atoms with Gasteiger partial charge in [-0.15, -0.1) is 0 Å².